The fraction of sp³-hybridized carbons (Fsp3) is 0.174. The number of carbonyl (C=O) groups excluding carboxylic acids is 1. The zero-order valence-corrected chi connectivity index (χ0v) is 16.7. The van der Waals surface area contributed by atoms with Gasteiger partial charge in [0.15, 0.2) is 6.04 Å². The number of quaternary nitrogens is 1. The Kier molecular flexibility index (Phi) is 6.69. The third kappa shape index (κ3) is 4.91. The van der Waals surface area contributed by atoms with Gasteiger partial charge in [-0.2, -0.15) is 0 Å². The maximum atomic E-state index is 12.8. The van der Waals surface area contributed by atoms with Crippen LogP contribution in [0.25, 0.3) is 0 Å². The van der Waals surface area contributed by atoms with Gasteiger partial charge in [0, 0.05) is 16.8 Å². The minimum Gasteiger partial charge on any atom is -0.495 e. The zero-order chi connectivity index (χ0) is 19.9. The lowest BCUT2D eigenvalue weighted by molar-refractivity contribution is -0.704. The van der Waals surface area contributed by atoms with E-state index in [1.54, 1.807) is 25.3 Å². The van der Waals surface area contributed by atoms with Crippen molar-refractivity contribution in [3.63, 3.8) is 0 Å². The standard InChI is InChI=1S/C23H23ClN2O2/c1-16(23(27)26-19-13-14-21(28-2)20(24)15-19)25-22(17-9-5-3-6-10-17)18-11-7-4-8-12-18/h3-16,22,25H,1-2H3,(H,26,27)/p+1/t16-/m0/s1. The Labute approximate surface area is 170 Å². The first-order chi connectivity index (χ1) is 13.6. The summed E-state index contributed by atoms with van der Waals surface area (Å²) >= 11 is 6.15. The molecule has 3 aromatic carbocycles. The van der Waals surface area contributed by atoms with Crippen LogP contribution < -0.4 is 15.4 Å². The highest BCUT2D eigenvalue weighted by Crippen LogP contribution is 2.27. The van der Waals surface area contributed by atoms with Crippen LogP contribution in [-0.4, -0.2) is 19.1 Å². The van der Waals surface area contributed by atoms with Gasteiger partial charge in [-0.15, -0.1) is 0 Å². The van der Waals surface area contributed by atoms with Gasteiger partial charge in [-0.05, 0) is 25.1 Å². The molecule has 0 aliphatic carbocycles. The number of halogens is 1. The number of benzene rings is 3. The van der Waals surface area contributed by atoms with Gasteiger partial charge in [-0.1, -0.05) is 72.3 Å². The summed E-state index contributed by atoms with van der Waals surface area (Å²) in [7, 11) is 1.56. The Morgan fingerprint density at radius 3 is 2.04 bits per heavy atom. The highest BCUT2D eigenvalue weighted by molar-refractivity contribution is 6.32. The van der Waals surface area contributed by atoms with Crippen molar-refractivity contribution in [1.82, 2.24) is 0 Å². The molecule has 0 aromatic heterocycles. The molecular formula is C23H24ClN2O2+. The third-order valence-electron chi connectivity index (χ3n) is 4.63. The number of nitrogens with one attached hydrogen (secondary N) is 1. The summed E-state index contributed by atoms with van der Waals surface area (Å²) < 4.78 is 5.15. The number of hydrogen-bond donors (Lipinski definition) is 2. The van der Waals surface area contributed by atoms with Gasteiger partial charge in [0.25, 0.3) is 5.91 Å². The topological polar surface area (TPSA) is 54.9 Å². The van der Waals surface area contributed by atoms with Crippen LogP contribution in [0, 0.1) is 0 Å². The second kappa shape index (κ2) is 9.40. The fourth-order valence-electron chi connectivity index (χ4n) is 3.11. The molecule has 0 radical (unpaired) electrons. The number of ether oxygens (including phenoxy) is 1. The first-order valence-corrected chi connectivity index (χ1v) is 9.55. The molecule has 0 saturated carbocycles. The Morgan fingerprint density at radius 1 is 0.964 bits per heavy atom. The summed E-state index contributed by atoms with van der Waals surface area (Å²) in [5, 5.41) is 5.47. The van der Waals surface area contributed by atoms with Crippen molar-refractivity contribution in [2.24, 2.45) is 0 Å². The molecule has 144 valence electrons. The second-order valence-corrected chi connectivity index (χ2v) is 7.03. The number of carbonyl (C=O) groups is 1. The van der Waals surface area contributed by atoms with E-state index in [0.29, 0.717) is 16.5 Å². The van der Waals surface area contributed by atoms with Crippen LogP contribution >= 0.6 is 11.6 Å². The maximum Gasteiger partial charge on any atom is 0.282 e. The summed E-state index contributed by atoms with van der Waals surface area (Å²) in [4.78, 5) is 12.8. The lowest BCUT2D eigenvalue weighted by Gasteiger charge is -2.21. The van der Waals surface area contributed by atoms with E-state index in [1.807, 2.05) is 43.3 Å². The van der Waals surface area contributed by atoms with Crippen LogP contribution in [0.5, 0.6) is 5.75 Å². The summed E-state index contributed by atoms with van der Waals surface area (Å²) in [5.41, 5.74) is 2.95. The smallest absolute Gasteiger partial charge is 0.282 e. The molecule has 0 heterocycles. The van der Waals surface area contributed by atoms with E-state index in [-0.39, 0.29) is 18.0 Å². The number of rotatable bonds is 7. The number of hydrogen-bond acceptors (Lipinski definition) is 2. The summed E-state index contributed by atoms with van der Waals surface area (Å²) in [6.07, 6.45) is 0. The molecule has 3 N–H and O–H groups in total. The molecular weight excluding hydrogens is 372 g/mol. The van der Waals surface area contributed by atoms with Gasteiger partial charge in [0.1, 0.15) is 11.8 Å². The molecule has 0 spiro atoms. The zero-order valence-electron chi connectivity index (χ0n) is 15.9. The normalized spacial score (nSPS) is 11.9. The molecule has 3 aromatic rings. The molecule has 1 atom stereocenters. The lowest BCUT2D eigenvalue weighted by Crippen LogP contribution is -2.92. The molecule has 0 aliphatic rings. The minimum atomic E-state index is -0.300. The van der Waals surface area contributed by atoms with Crippen molar-refractivity contribution < 1.29 is 14.8 Å². The largest absolute Gasteiger partial charge is 0.495 e. The van der Waals surface area contributed by atoms with Crippen molar-refractivity contribution in [3.8, 4) is 5.75 Å². The molecule has 0 saturated heterocycles. The average molecular weight is 396 g/mol. The van der Waals surface area contributed by atoms with Gasteiger partial charge in [-0.3, -0.25) is 4.79 Å². The van der Waals surface area contributed by atoms with E-state index in [0.717, 1.165) is 11.1 Å². The Bertz CT molecular complexity index is 877. The second-order valence-electron chi connectivity index (χ2n) is 6.62. The van der Waals surface area contributed by atoms with Crippen molar-refractivity contribution in [3.05, 3.63) is 95.0 Å². The van der Waals surface area contributed by atoms with Crippen LogP contribution in [0.4, 0.5) is 5.69 Å². The molecule has 5 heteroatoms. The predicted octanol–water partition coefficient (Wildman–Crippen LogP) is 4.03. The minimum absolute atomic E-state index is 0.0302. The Balaban J connectivity index is 1.75. The van der Waals surface area contributed by atoms with Gasteiger partial charge < -0.3 is 15.4 Å². The molecule has 1 amide bonds. The van der Waals surface area contributed by atoms with Gasteiger partial charge in [0.2, 0.25) is 0 Å². The number of nitrogens with two attached hydrogens (primary N) is 1. The molecule has 0 fully saturated rings. The highest BCUT2D eigenvalue weighted by Gasteiger charge is 2.24. The average Bonchev–Trinajstić information content (AvgIpc) is 2.73. The van der Waals surface area contributed by atoms with Gasteiger partial charge in [-0.25, -0.2) is 0 Å². The fourth-order valence-corrected chi connectivity index (χ4v) is 3.37. The molecule has 0 aliphatic heterocycles. The van der Waals surface area contributed by atoms with E-state index in [1.165, 1.54) is 0 Å². The van der Waals surface area contributed by atoms with Crippen molar-refractivity contribution in [2.75, 3.05) is 12.4 Å². The summed E-state index contributed by atoms with van der Waals surface area (Å²) in [5.74, 6) is 0.491. The highest BCUT2D eigenvalue weighted by atomic mass is 35.5. The summed E-state index contributed by atoms with van der Waals surface area (Å²) in [6.45, 7) is 1.90. The molecule has 28 heavy (non-hydrogen) atoms. The maximum absolute atomic E-state index is 12.8. The van der Waals surface area contributed by atoms with Crippen LogP contribution in [0.15, 0.2) is 78.9 Å². The molecule has 3 rings (SSSR count). The van der Waals surface area contributed by atoms with E-state index in [9.17, 15) is 4.79 Å². The van der Waals surface area contributed by atoms with E-state index >= 15 is 0 Å². The van der Waals surface area contributed by atoms with Gasteiger partial charge in [0.05, 0.1) is 12.1 Å². The quantitative estimate of drug-likeness (QED) is 0.634. The first kappa shape index (κ1) is 19.9. The third-order valence-corrected chi connectivity index (χ3v) is 4.93. The van der Waals surface area contributed by atoms with E-state index in [4.69, 9.17) is 16.3 Å². The van der Waals surface area contributed by atoms with Crippen LogP contribution in [-0.2, 0) is 4.79 Å². The van der Waals surface area contributed by atoms with Crippen molar-refractivity contribution in [2.45, 2.75) is 19.0 Å². The lowest BCUT2D eigenvalue weighted by atomic mass is 9.98. The molecule has 0 bridgehead atoms. The molecule has 0 unspecified atom stereocenters. The monoisotopic (exact) mass is 395 g/mol. The Hall–Kier alpha value is -2.82. The van der Waals surface area contributed by atoms with Crippen LogP contribution in [0.3, 0.4) is 0 Å². The number of methoxy groups -OCH3 is 1. The van der Waals surface area contributed by atoms with Crippen molar-refractivity contribution >= 4 is 23.2 Å². The van der Waals surface area contributed by atoms with Crippen molar-refractivity contribution in [1.29, 1.82) is 0 Å². The Morgan fingerprint density at radius 2 is 1.54 bits per heavy atom. The number of amides is 1. The van der Waals surface area contributed by atoms with E-state index < -0.39 is 0 Å². The first-order valence-electron chi connectivity index (χ1n) is 9.17. The molecule has 4 nitrogen and oxygen atoms in total. The SMILES string of the molecule is COc1ccc(NC(=O)[C@H](C)[NH2+]C(c2ccccc2)c2ccccc2)cc1Cl. The van der Waals surface area contributed by atoms with Crippen LogP contribution in [0.1, 0.15) is 24.1 Å². The number of anilines is 1. The summed E-state index contributed by atoms with van der Waals surface area (Å²) in [6, 6.07) is 25.3. The van der Waals surface area contributed by atoms with E-state index in [2.05, 4.69) is 34.9 Å². The van der Waals surface area contributed by atoms with Crippen LogP contribution in [0.2, 0.25) is 5.02 Å². The van der Waals surface area contributed by atoms with Gasteiger partial charge >= 0.3 is 0 Å². The predicted molar refractivity (Wildman–Crippen MR) is 113 cm³/mol.